The van der Waals surface area contributed by atoms with Crippen molar-refractivity contribution in [2.45, 2.75) is 39.7 Å². The van der Waals surface area contributed by atoms with Crippen LogP contribution in [0.4, 0.5) is 10.1 Å². The molecule has 2 aliphatic rings. The molecule has 156 valence electrons. The zero-order chi connectivity index (χ0) is 20.9. The molecule has 0 bridgehead atoms. The van der Waals surface area contributed by atoms with Crippen LogP contribution < -0.4 is 10.3 Å². The summed E-state index contributed by atoms with van der Waals surface area (Å²) in [7, 11) is 2.06. The van der Waals surface area contributed by atoms with Gasteiger partial charge in [-0.05, 0) is 46.2 Å². The van der Waals surface area contributed by atoms with Crippen molar-refractivity contribution in [1.82, 2.24) is 9.47 Å². The highest BCUT2D eigenvalue weighted by molar-refractivity contribution is 5.97. The minimum Gasteiger partial charge on any atom is -0.462 e. The Labute approximate surface area is 169 Å². The molecule has 0 spiro atoms. The average Bonchev–Trinajstić information content (AvgIpc) is 3.53. The first-order chi connectivity index (χ1) is 13.8. The molecule has 1 saturated carbocycles. The van der Waals surface area contributed by atoms with Gasteiger partial charge in [0.15, 0.2) is 5.82 Å². The normalized spacial score (nSPS) is 17.8. The molecule has 6 nitrogen and oxygen atoms in total. The number of aromatic nitrogens is 1. The van der Waals surface area contributed by atoms with Crippen molar-refractivity contribution in [3.8, 4) is 0 Å². The summed E-state index contributed by atoms with van der Waals surface area (Å²) >= 11 is 0. The largest absolute Gasteiger partial charge is 0.462 e. The lowest BCUT2D eigenvalue weighted by Crippen LogP contribution is -2.45. The molecule has 1 aromatic carbocycles. The van der Waals surface area contributed by atoms with E-state index in [9.17, 15) is 9.59 Å². The second kappa shape index (κ2) is 7.44. The Morgan fingerprint density at radius 3 is 2.41 bits per heavy atom. The van der Waals surface area contributed by atoms with Crippen LogP contribution in [0.15, 0.2) is 11.0 Å². The van der Waals surface area contributed by atoms with Crippen molar-refractivity contribution in [2.24, 2.45) is 0 Å². The molecule has 7 heteroatoms. The number of fused-ring (bicyclic) bond motifs is 1. The molecule has 0 N–H and O–H groups in total. The number of benzene rings is 1. The van der Waals surface area contributed by atoms with E-state index in [0.717, 1.165) is 50.1 Å². The lowest BCUT2D eigenvalue weighted by molar-refractivity contribution is 0.0524. The van der Waals surface area contributed by atoms with E-state index in [-0.39, 0.29) is 24.0 Å². The number of pyridine rings is 1. The number of likely N-dealkylation sites (N-methyl/N-ethyl adjacent to an activating group) is 1. The zero-order valence-electron chi connectivity index (χ0n) is 17.5. The molecule has 1 aromatic heterocycles. The first-order valence-electron chi connectivity index (χ1n) is 10.3. The molecule has 0 amide bonds. The Kier molecular flexibility index (Phi) is 5.11. The maximum Gasteiger partial charge on any atom is 0.343 e. The van der Waals surface area contributed by atoms with Gasteiger partial charge >= 0.3 is 5.97 Å². The van der Waals surface area contributed by atoms with Gasteiger partial charge in [0.25, 0.3) is 0 Å². The van der Waals surface area contributed by atoms with Gasteiger partial charge in [0.1, 0.15) is 5.56 Å². The number of hydrogen-bond acceptors (Lipinski definition) is 5. The summed E-state index contributed by atoms with van der Waals surface area (Å²) in [6, 6.07) is 0.232. The standard InChI is InChI=1S/C22H28FN3O3/c1-5-29-22(28)16-12-26(15-6-7-15)19-14(3)20(25-10-8-24(4)9-11-25)18(23)13(2)17(19)21(16)27/h12,15H,5-11H2,1-4H3. The highest BCUT2D eigenvalue weighted by atomic mass is 19.1. The Bertz CT molecular complexity index is 1030. The quantitative estimate of drug-likeness (QED) is 0.737. The molecule has 1 aliphatic carbocycles. The van der Waals surface area contributed by atoms with Crippen molar-refractivity contribution in [3.05, 3.63) is 38.9 Å². The summed E-state index contributed by atoms with van der Waals surface area (Å²) in [5.74, 6) is -1.01. The van der Waals surface area contributed by atoms with Crippen molar-refractivity contribution in [2.75, 3.05) is 44.7 Å². The topological polar surface area (TPSA) is 54.8 Å². The van der Waals surface area contributed by atoms with Crippen LogP contribution in [0.25, 0.3) is 10.9 Å². The summed E-state index contributed by atoms with van der Waals surface area (Å²) in [5, 5.41) is 0.301. The Morgan fingerprint density at radius 1 is 1.17 bits per heavy atom. The van der Waals surface area contributed by atoms with Crippen molar-refractivity contribution in [1.29, 1.82) is 0 Å². The van der Waals surface area contributed by atoms with Gasteiger partial charge in [0.05, 0.1) is 23.2 Å². The summed E-state index contributed by atoms with van der Waals surface area (Å²) in [6.07, 6.45) is 3.60. The van der Waals surface area contributed by atoms with E-state index in [2.05, 4.69) is 16.8 Å². The first kappa shape index (κ1) is 19.9. The third-order valence-electron chi connectivity index (χ3n) is 6.11. The number of piperazine rings is 1. The lowest BCUT2D eigenvalue weighted by atomic mass is 9.98. The van der Waals surface area contributed by atoms with E-state index >= 15 is 4.39 Å². The van der Waals surface area contributed by atoms with Gasteiger partial charge in [-0.1, -0.05) is 0 Å². The average molecular weight is 401 g/mol. The van der Waals surface area contributed by atoms with Crippen LogP contribution in [0.1, 0.15) is 47.3 Å². The predicted octanol–water partition coefficient (Wildman–Crippen LogP) is 3.02. The second-order valence-electron chi connectivity index (χ2n) is 8.16. The van der Waals surface area contributed by atoms with Gasteiger partial charge in [-0.2, -0.15) is 0 Å². The number of rotatable bonds is 4. The number of anilines is 1. The Morgan fingerprint density at radius 2 is 1.83 bits per heavy atom. The van der Waals surface area contributed by atoms with Crippen LogP contribution in [-0.4, -0.2) is 55.3 Å². The molecule has 2 heterocycles. The van der Waals surface area contributed by atoms with Crippen LogP contribution in [0.5, 0.6) is 0 Å². The van der Waals surface area contributed by atoms with Crippen LogP contribution in [0.2, 0.25) is 0 Å². The van der Waals surface area contributed by atoms with E-state index in [1.807, 2.05) is 11.5 Å². The van der Waals surface area contributed by atoms with E-state index in [1.165, 1.54) is 0 Å². The molecule has 29 heavy (non-hydrogen) atoms. The van der Waals surface area contributed by atoms with Gasteiger partial charge in [-0.25, -0.2) is 9.18 Å². The zero-order valence-corrected chi connectivity index (χ0v) is 17.5. The SMILES string of the molecule is CCOC(=O)c1cn(C2CC2)c2c(C)c(N3CCN(C)CC3)c(F)c(C)c2c1=O. The number of aryl methyl sites for hydroxylation is 2. The first-order valence-corrected chi connectivity index (χ1v) is 10.3. The summed E-state index contributed by atoms with van der Waals surface area (Å²) < 4.78 is 22.7. The number of nitrogens with zero attached hydrogens (tertiary/aromatic N) is 3. The molecule has 4 rings (SSSR count). The lowest BCUT2D eigenvalue weighted by Gasteiger charge is -2.36. The predicted molar refractivity (Wildman–Crippen MR) is 112 cm³/mol. The number of carbonyl (C=O) groups excluding carboxylic acids is 1. The molecule has 0 atom stereocenters. The highest BCUT2D eigenvalue weighted by Gasteiger charge is 2.31. The van der Waals surface area contributed by atoms with Crippen molar-refractivity contribution >= 4 is 22.6 Å². The number of carbonyl (C=O) groups is 1. The molecule has 1 aliphatic heterocycles. The van der Waals surface area contributed by atoms with Crippen LogP contribution in [0, 0.1) is 19.7 Å². The van der Waals surface area contributed by atoms with Gasteiger partial charge < -0.3 is 19.1 Å². The van der Waals surface area contributed by atoms with Crippen LogP contribution in [0.3, 0.4) is 0 Å². The molecule has 0 radical (unpaired) electrons. The van der Waals surface area contributed by atoms with E-state index in [0.29, 0.717) is 16.6 Å². The fraction of sp³-hybridized carbons (Fsp3) is 0.545. The Balaban J connectivity index is 1.99. The van der Waals surface area contributed by atoms with E-state index in [1.54, 1.807) is 20.0 Å². The van der Waals surface area contributed by atoms with Crippen molar-refractivity contribution < 1.29 is 13.9 Å². The van der Waals surface area contributed by atoms with E-state index in [4.69, 9.17) is 4.74 Å². The molecular weight excluding hydrogens is 373 g/mol. The third-order valence-corrected chi connectivity index (χ3v) is 6.11. The monoisotopic (exact) mass is 401 g/mol. The molecule has 2 aromatic rings. The van der Waals surface area contributed by atoms with Gasteiger partial charge in [-0.3, -0.25) is 4.79 Å². The molecular formula is C22H28FN3O3. The maximum absolute atomic E-state index is 15.6. The number of hydrogen-bond donors (Lipinski definition) is 0. The summed E-state index contributed by atoms with van der Waals surface area (Å²) in [6.45, 7) is 8.65. The Hall–Kier alpha value is -2.41. The van der Waals surface area contributed by atoms with Crippen molar-refractivity contribution in [3.63, 3.8) is 0 Å². The van der Waals surface area contributed by atoms with Crippen LogP contribution >= 0.6 is 0 Å². The smallest absolute Gasteiger partial charge is 0.343 e. The van der Waals surface area contributed by atoms with E-state index < -0.39 is 11.4 Å². The summed E-state index contributed by atoms with van der Waals surface area (Å²) in [4.78, 5) is 29.9. The van der Waals surface area contributed by atoms with Gasteiger partial charge in [0.2, 0.25) is 5.43 Å². The molecule has 2 fully saturated rings. The summed E-state index contributed by atoms with van der Waals surface area (Å²) in [5.41, 5.74) is 1.96. The fourth-order valence-corrected chi connectivity index (χ4v) is 4.33. The number of ether oxygens (including phenoxy) is 1. The minimum atomic E-state index is -0.644. The maximum atomic E-state index is 15.6. The van der Waals surface area contributed by atoms with Gasteiger partial charge in [-0.15, -0.1) is 0 Å². The molecule has 1 saturated heterocycles. The van der Waals surface area contributed by atoms with Gasteiger partial charge in [0, 0.05) is 44.0 Å². The highest BCUT2D eigenvalue weighted by Crippen LogP contribution is 2.41. The third kappa shape index (κ3) is 3.31. The molecule has 0 unspecified atom stereocenters. The van der Waals surface area contributed by atoms with Crippen LogP contribution in [-0.2, 0) is 4.74 Å². The minimum absolute atomic E-state index is 0.0134. The fourth-order valence-electron chi connectivity index (χ4n) is 4.33. The number of esters is 1. The second-order valence-corrected chi connectivity index (χ2v) is 8.16. The number of halogens is 1.